The molecule has 0 aliphatic heterocycles. The first kappa shape index (κ1) is 14.9. The third kappa shape index (κ3) is 2.56. The van der Waals surface area contributed by atoms with Crippen molar-refractivity contribution in [2.75, 3.05) is 0 Å². The van der Waals surface area contributed by atoms with Gasteiger partial charge in [-0.25, -0.2) is 4.79 Å². The van der Waals surface area contributed by atoms with Crippen LogP contribution in [-0.2, 0) is 6.54 Å². The summed E-state index contributed by atoms with van der Waals surface area (Å²) in [7, 11) is 0. The maximum absolute atomic E-state index is 12.6. The molecule has 0 N–H and O–H groups in total. The number of benzene rings is 2. The summed E-state index contributed by atoms with van der Waals surface area (Å²) in [6.07, 6.45) is 0. The molecule has 0 saturated carbocycles. The zero-order valence-electron chi connectivity index (χ0n) is 11.8. The first-order valence-electron chi connectivity index (χ1n) is 6.82. The van der Waals surface area contributed by atoms with Gasteiger partial charge in [0.05, 0.1) is 10.7 Å². The lowest BCUT2D eigenvalue weighted by atomic mass is 10.2. The van der Waals surface area contributed by atoms with Crippen molar-refractivity contribution >= 4 is 23.2 Å². The minimum Gasteiger partial charge on any atom is -0.275 e. The zero-order valence-corrected chi connectivity index (χ0v) is 13.3. The summed E-state index contributed by atoms with van der Waals surface area (Å²) in [5.41, 5.74) is 1.10. The fourth-order valence-electron chi connectivity index (χ4n) is 2.29. The zero-order chi connectivity index (χ0) is 15.7. The molecule has 0 atom stereocenters. The van der Waals surface area contributed by atoms with Crippen LogP contribution in [0.5, 0.6) is 0 Å². The predicted octanol–water partition coefficient (Wildman–Crippen LogP) is 4.03. The lowest BCUT2D eigenvalue weighted by Gasteiger charge is -2.02. The average molecular weight is 334 g/mol. The molecule has 2 aromatic carbocycles. The van der Waals surface area contributed by atoms with Gasteiger partial charge in [-0.3, -0.25) is 4.57 Å². The molecule has 4 nitrogen and oxygen atoms in total. The summed E-state index contributed by atoms with van der Waals surface area (Å²) in [6, 6.07) is 14.5. The molecule has 0 radical (unpaired) electrons. The topological polar surface area (TPSA) is 39.8 Å². The third-order valence-electron chi connectivity index (χ3n) is 3.35. The summed E-state index contributed by atoms with van der Waals surface area (Å²) >= 11 is 12.2. The molecule has 22 heavy (non-hydrogen) atoms. The molecule has 0 aliphatic carbocycles. The number of hydrogen-bond donors (Lipinski definition) is 0. The molecule has 1 aromatic heterocycles. The lowest BCUT2D eigenvalue weighted by Crippen LogP contribution is -2.23. The average Bonchev–Trinajstić information content (AvgIpc) is 2.87. The van der Waals surface area contributed by atoms with Crippen molar-refractivity contribution in [1.29, 1.82) is 0 Å². The number of nitrogens with zero attached hydrogens (tertiary/aromatic N) is 3. The Hall–Kier alpha value is -2.04. The van der Waals surface area contributed by atoms with Gasteiger partial charge in [0.2, 0.25) is 0 Å². The Morgan fingerprint density at radius 2 is 1.82 bits per heavy atom. The third-order valence-corrected chi connectivity index (χ3v) is 3.90. The molecule has 0 spiro atoms. The molecule has 0 fully saturated rings. The van der Waals surface area contributed by atoms with Crippen molar-refractivity contribution in [3.63, 3.8) is 0 Å². The van der Waals surface area contributed by atoms with Gasteiger partial charge in [-0.15, -0.1) is 5.10 Å². The van der Waals surface area contributed by atoms with Gasteiger partial charge in [0.25, 0.3) is 0 Å². The summed E-state index contributed by atoms with van der Waals surface area (Å²) in [5, 5.41) is 5.37. The van der Waals surface area contributed by atoms with E-state index in [0.717, 1.165) is 5.56 Å². The van der Waals surface area contributed by atoms with E-state index in [-0.39, 0.29) is 5.69 Å². The molecule has 0 bridgehead atoms. The van der Waals surface area contributed by atoms with E-state index in [2.05, 4.69) is 5.10 Å². The molecule has 6 heteroatoms. The molecular formula is C16H13Cl2N3O. The highest BCUT2D eigenvalue weighted by Gasteiger charge is 2.16. The Bertz CT molecular complexity index is 869. The van der Waals surface area contributed by atoms with E-state index in [1.165, 1.54) is 4.68 Å². The van der Waals surface area contributed by atoms with Crippen LogP contribution >= 0.6 is 23.2 Å². The highest BCUT2D eigenvalue weighted by molar-refractivity contribution is 6.34. The maximum Gasteiger partial charge on any atom is 0.351 e. The van der Waals surface area contributed by atoms with Gasteiger partial charge in [-0.1, -0.05) is 53.5 Å². The quantitative estimate of drug-likeness (QED) is 0.726. The van der Waals surface area contributed by atoms with Gasteiger partial charge in [0, 0.05) is 17.1 Å². The standard InChI is InChI=1S/C16H13Cl2N3O/c1-2-20-15(11-6-4-3-5-7-11)19-21(16(20)22)14-10-12(17)8-9-13(14)18/h3-10H,2H2,1H3. The number of rotatable bonds is 3. The van der Waals surface area contributed by atoms with E-state index >= 15 is 0 Å². The molecule has 0 unspecified atom stereocenters. The van der Waals surface area contributed by atoms with Crippen LogP contribution in [0.1, 0.15) is 6.92 Å². The number of halogens is 2. The molecule has 1 heterocycles. The molecular weight excluding hydrogens is 321 g/mol. The minimum atomic E-state index is -0.245. The van der Waals surface area contributed by atoms with E-state index in [9.17, 15) is 4.79 Å². The van der Waals surface area contributed by atoms with Crippen LogP contribution in [0.25, 0.3) is 17.1 Å². The normalized spacial score (nSPS) is 10.9. The fraction of sp³-hybridized carbons (Fsp3) is 0.125. The van der Waals surface area contributed by atoms with Gasteiger partial charge < -0.3 is 0 Å². The molecule has 0 saturated heterocycles. The summed E-state index contributed by atoms with van der Waals surface area (Å²) < 4.78 is 2.90. The molecule has 3 aromatic rings. The van der Waals surface area contributed by atoms with Crippen molar-refractivity contribution < 1.29 is 0 Å². The fourth-order valence-corrected chi connectivity index (χ4v) is 2.65. The summed E-state index contributed by atoms with van der Waals surface area (Å²) in [5.74, 6) is 0.601. The van der Waals surface area contributed by atoms with Gasteiger partial charge in [0.15, 0.2) is 5.82 Å². The minimum absolute atomic E-state index is 0.245. The smallest absolute Gasteiger partial charge is 0.275 e. The molecule has 0 amide bonds. The van der Waals surface area contributed by atoms with Gasteiger partial charge in [-0.2, -0.15) is 4.68 Å². The van der Waals surface area contributed by atoms with Crippen molar-refractivity contribution in [2.45, 2.75) is 13.5 Å². The second kappa shape index (κ2) is 5.99. The van der Waals surface area contributed by atoms with E-state index in [1.807, 2.05) is 37.3 Å². The Morgan fingerprint density at radius 3 is 2.50 bits per heavy atom. The van der Waals surface area contributed by atoms with Crippen molar-refractivity contribution in [3.8, 4) is 17.1 Å². The summed E-state index contributed by atoms with van der Waals surface area (Å²) in [6.45, 7) is 2.42. The first-order valence-corrected chi connectivity index (χ1v) is 7.58. The largest absolute Gasteiger partial charge is 0.351 e. The molecule has 3 rings (SSSR count). The maximum atomic E-state index is 12.6. The highest BCUT2D eigenvalue weighted by atomic mass is 35.5. The van der Waals surface area contributed by atoms with E-state index < -0.39 is 0 Å². The SMILES string of the molecule is CCn1c(-c2ccccc2)nn(-c2cc(Cl)ccc2Cl)c1=O. The van der Waals surface area contributed by atoms with Crippen LogP contribution < -0.4 is 5.69 Å². The van der Waals surface area contributed by atoms with Crippen LogP contribution in [0, 0.1) is 0 Å². The Balaban J connectivity index is 2.25. The molecule has 0 aliphatic rings. The van der Waals surface area contributed by atoms with Crippen LogP contribution in [0.4, 0.5) is 0 Å². The Morgan fingerprint density at radius 1 is 1.09 bits per heavy atom. The van der Waals surface area contributed by atoms with Crippen LogP contribution in [0.2, 0.25) is 10.0 Å². The first-order chi connectivity index (χ1) is 10.6. The van der Waals surface area contributed by atoms with Crippen LogP contribution in [0.15, 0.2) is 53.3 Å². The number of hydrogen-bond acceptors (Lipinski definition) is 2. The summed E-state index contributed by atoms with van der Waals surface area (Å²) in [4.78, 5) is 12.6. The monoisotopic (exact) mass is 333 g/mol. The Labute approximate surface area is 137 Å². The van der Waals surface area contributed by atoms with E-state index in [0.29, 0.717) is 28.1 Å². The predicted molar refractivity (Wildman–Crippen MR) is 89.0 cm³/mol. The van der Waals surface area contributed by atoms with Gasteiger partial charge in [0.1, 0.15) is 0 Å². The second-order valence-corrected chi connectivity index (χ2v) is 5.57. The van der Waals surface area contributed by atoms with Gasteiger partial charge in [-0.05, 0) is 25.1 Å². The van der Waals surface area contributed by atoms with Crippen LogP contribution in [-0.4, -0.2) is 14.3 Å². The number of aromatic nitrogens is 3. The van der Waals surface area contributed by atoms with Crippen molar-refractivity contribution in [1.82, 2.24) is 14.3 Å². The Kier molecular flexibility index (Phi) is 4.05. The van der Waals surface area contributed by atoms with Gasteiger partial charge >= 0.3 is 5.69 Å². The van der Waals surface area contributed by atoms with Crippen molar-refractivity contribution in [2.24, 2.45) is 0 Å². The van der Waals surface area contributed by atoms with E-state index in [4.69, 9.17) is 23.2 Å². The van der Waals surface area contributed by atoms with Crippen LogP contribution in [0.3, 0.4) is 0 Å². The van der Waals surface area contributed by atoms with E-state index in [1.54, 1.807) is 22.8 Å². The lowest BCUT2D eigenvalue weighted by molar-refractivity contribution is 0.716. The second-order valence-electron chi connectivity index (χ2n) is 4.72. The molecule has 112 valence electrons. The highest BCUT2D eigenvalue weighted by Crippen LogP contribution is 2.24. The van der Waals surface area contributed by atoms with Crippen molar-refractivity contribution in [3.05, 3.63) is 69.1 Å².